The number of fused-ring (bicyclic) bond motifs is 1. The van der Waals surface area contributed by atoms with Crippen molar-refractivity contribution in [3.8, 4) is 0 Å². The molecule has 1 aliphatic heterocycles. The van der Waals surface area contributed by atoms with Crippen LogP contribution in [0.25, 0.3) is 5.65 Å². The summed E-state index contributed by atoms with van der Waals surface area (Å²) < 4.78 is 1.49. The molecule has 1 saturated heterocycles. The van der Waals surface area contributed by atoms with Crippen LogP contribution in [0.15, 0.2) is 24.3 Å². The first kappa shape index (κ1) is 16.5. The number of aryl methyl sites for hydroxylation is 4. The van der Waals surface area contributed by atoms with Gasteiger partial charge in [-0.15, -0.1) is 14.8 Å². The quantitative estimate of drug-likeness (QED) is 0.786. The number of hydrogen-bond donors (Lipinski definition) is 1. The summed E-state index contributed by atoms with van der Waals surface area (Å²) in [7, 11) is 0. The molecule has 4 rings (SSSR count). The first-order valence-corrected chi connectivity index (χ1v) is 8.79. The van der Waals surface area contributed by atoms with E-state index in [-0.39, 0.29) is 11.9 Å². The summed E-state index contributed by atoms with van der Waals surface area (Å²) in [6, 6.07) is 7.64. The monoisotopic (exact) mass is 350 g/mol. The van der Waals surface area contributed by atoms with Gasteiger partial charge in [-0.2, -0.15) is 0 Å². The lowest BCUT2D eigenvalue weighted by Crippen LogP contribution is -2.34. The van der Waals surface area contributed by atoms with Crippen molar-refractivity contribution >= 4 is 23.1 Å². The largest absolute Gasteiger partial charge is 0.357 e. The highest BCUT2D eigenvalue weighted by Crippen LogP contribution is 2.30. The highest BCUT2D eigenvalue weighted by atomic mass is 16.2. The number of anilines is 2. The average molecular weight is 350 g/mol. The molecule has 1 aliphatic rings. The number of nitrogens with zero attached hydrogens (tertiary/aromatic N) is 5. The van der Waals surface area contributed by atoms with E-state index in [1.807, 2.05) is 24.0 Å². The molecule has 26 heavy (non-hydrogen) atoms. The van der Waals surface area contributed by atoms with Gasteiger partial charge >= 0.3 is 0 Å². The summed E-state index contributed by atoms with van der Waals surface area (Å²) in [6.07, 6.45) is 0.738. The maximum atomic E-state index is 13.0. The Morgan fingerprint density at radius 3 is 2.54 bits per heavy atom. The Kier molecular flexibility index (Phi) is 3.86. The van der Waals surface area contributed by atoms with E-state index in [4.69, 9.17) is 0 Å². The van der Waals surface area contributed by atoms with Crippen LogP contribution in [0.4, 0.5) is 11.5 Å². The number of carbonyl (C=O) groups is 1. The summed E-state index contributed by atoms with van der Waals surface area (Å²) in [5.74, 6) is 1.37. The number of hydrogen-bond acceptors (Lipinski definition) is 5. The second-order valence-electron chi connectivity index (χ2n) is 6.95. The van der Waals surface area contributed by atoms with Crippen LogP contribution in [0.3, 0.4) is 0 Å². The van der Waals surface area contributed by atoms with E-state index in [2.05, 4.69) is 53.4 Å². The van der Waals surface area contributed by atoms with Gasteiger partial charge in [0, 0.05) is 12.2 Å². The molecule has 0 bridgehead atoms. The Labute approximate surface area is 152 Å². The zero-order valence-electron chi connectivity index (χ0n) is 15.4. The van der Waals surface area contributed by atoms with E-state index in [0.29, 0.717) is 23.8 Å². The molecule has 0 aliphatic carbocycles. The third-order valence-electron chi connectivity index (χ3n) is 4.75. The fourth-order valence-corrected chi connectivity index (χ4v) is 3.78. The molecule has 1 fully saturated rings. The lowest BCUT2D eigenvalue weighted by molar-refractivity contribution is -0.117. The Balaban J connectivity index is 1.57. The standard InChI is InChI=1S/C19H22N6O/c1-11-9-12(2)18(13(3)10-11)24-8-7-15(19(24)26)21-16-5-6-17-20-14(4)22-25(17)23-16/h5-6,9-10,15H,7-8H2,1-4H3,(H,21,23). The van der Waals surface area contributed by atoms with Crippen molar-refractivity contribution in [2.45, 2.75) is 40.2 Å². The maximum Gasteiger partial charge on any atom is 0.249 e. The Bertz CT molecular complexity index is 985. The van der Waals surface area contributed by atoms with Gasteiger partial charge in [-0.05, 0) is 57.4 Å². The van der Waals surface area contributed by atoms with Gasteiger partial charge in [0.15, 0.2) is 5.65 Å². The van der Waals surface area contributed by atoms with Crippen LogP contribution in [0.1, 0.15) is 28.9 Å². The van der Waals surface area contributed by atoms with Crippen molar-refractivity contribution in [3.63, 3.8) is 0 Å². The molecular formula is C19H22N6O. The molecular weight excluding hydrogens is 328 g/mol. The van der Waals surface area contributed by atoms with Gasteiger partial charge in [0.25, 0.3) is 0 Å². The number of carbonyl (C=O) groups excluding carboxylic acids is 1. The minimum atomic E-state index is -0.287. The van der Waals surface area contributed by atoms with Crippen LogP contribution in [0.2, 0.25) is 0 Å². The Hall–Kier alpha value is -2.96. The van der Waals surface area contributed by atoms with Gasteiger partial charge in [0.2, 0.25) is 5.91 Å². The SMILES string of the molecule is Cc1cc(C)c(N2CCC(Nc3ccc4nc(C)nn4n3)C2=O)c(C)c1. The van der Waals surface area contributed by atoms with Gasteiger partial charge in [-0.25, -0.2) is 4.98 Å². The lowest BCUT2D eigenvalue weighted by atomic mass is 10.0. The first-order chi connectivity index (χ1) is 12.4. The molecule has 0 radical (unpaired) electrons. The summed E-state index contributed by atoms with van der Waals surface area (Å²) in [6.45, 7) is 8.73. The van der Waals surface area contributed by atoms with Crippen molar-refractivity contribution in [2.75, 3.05) is 16.8 Å². The predicted molar refractivity (Wildman–Crippen MR) is 101 cm³/mol. The van der Waals surface area contributed by atoms with E-state index >= 15 is 0 Å². The van der Waals surface area contributed by atoms with Crippen LogP contribution in [0, 0.1) is 27.7 Å². The van der Waals surface area contributed by atoms with Crippen LogP contribution in [-0.2, 0) is 4.79 Å². The number of aromatic nitrogens is 4. The van der Waals surface area contributed by atoms with Crippen LogP contribution in [-0.4, -0.2) is 38.3 Å². The zero-order chi connectivity index (χ0) is 18.4. The highest BCUT2D eigenvalue weighted by Gasteiger charge is 2.34. The molecule has 0 spiro atoms. The van der Waals surface area contributed by atoms with Crippen LogP contribution < -0.4 is 10.2 Å². The predicted octanol–water partition coefficient (Wildman–Crippen LogP) is 2.58. The van der Waals surface area contributed by atoms with Gasteiger partial charge in [-0.1, -0.05) is 17.7 Å². The fourth-order valence-electron chi connectivity index (χ4n) is 3.78. The van der Waals surface area contributed by atoms with Crippen molar-refractivity contribution in [3.05, 3.63) is 46.8 Å². The second kappa shape index (κ2) is 6.09. The molecule has 7 nitrogen and oxygen atoms in total. The van der Waals surface area contributed by atoms with E-state index in [0.717, 1.165) is 23.2 Å². The second-order valence-corrected chi connectivity index (χ2v) is 6.95. The number of nitrogens with one attached hydrogen (secondary N) is 1. The summed E-state index contributed by atoms with van der Waals surface area (Å²) in [5.41, 5.74) is 5.20. The van der Waals surface area contributed by atoms with Crippen LogP contribution in [0.5, 0.6) is 0 Å². The molecule has 1 unspecified atom stereocenters. The maximum absolute atomic E-state index is 13.0. The van der Waals surface area contributed by atoms with Crippen molar-refractivity contribution in [1.29, 1.82) is 0 Å². The number of amides is 1. The summed E-state index contributed by atoms with van der Waals surface area (Å²) in [5, 5.41) is 11.9. The van der Waals surface area contributed by atoms with Crippen molar-refractivity contribution in [2.24, 2.45) is 0 Å². The minimum Gasteiger partial charge on any atom is -0.357 e. The van der Waals surface area contributed by atoms with Crippen LogP contribution >= 0.6 is 0 Å². The van der Waals surface area contributed by atoms with Crippen molar-refractivity contribution < 1.29 is 4.79 Å². The molecule has 1 aromatic carbocycles. The number of benzene rings is 1. The van der Waals surface area contributed by atoms with Gasteiger partial charge in [0.1, 0.15) is 17.7 Å². The fraction of sp³-hybridized carbons (Fsp3) is 0.368. The van der Waals surface area contributed by atoms with E-state index in [1.165, 1.54) is 10.2 Å². The molecule has 2 aromatic heterocycles. The summed E-state index contributed by atoms with van der Waals surface area (Å²) >= 11 is 0. The minimum absolute atomic E-state index is 0.0803. The Morgan fingerprint density at radius 1 is 1.08 bits per heavy atom. The number of rotatable bonds is 3. The van der Waals surface area contributed by atoms with E-state index in [1.54, 1.807) is 0 Å². The van der Waals surface area contributed by atoms with Gasteiger partial charge in [-0.3, -0.25) is 4.79 Å². The van der Waals surface area contributed by atoms with Gasteiger partial charge < -0.3 is 10.2 Å². The molecule has 3 aromatic rings. The highest BCUT2D eigenvalue weighted by molar-refractivity contribution is 6.02. The lowest BCUT2D eigenvalue weighted by Gasteiger charge is -2.22. The first-order valence-electron chi connectivity index (χ1n) is 8.79. The average Bonchev–Trinajstić information content (AvgIpc) is 3.10. The smallest absolute Gasteiger partial charge is 0.249 e. The molecule has 1 atom stereocenters. The summed E-state index contributed by atoms with van der Waals surface area (Å²) in [4.78, 5) is 19.1. The Morgan fingerprint density at radius 2 is 1.81 bits per heavy atom. The van der Waals surface area contributed by atoms with Crippen molar-refractivity contribution in [1.82, 2.24) is 19.8 Å². The third kappa shape index (κ3) is 2.79. The van der Waals surface area contributed by atoms with E-state index < -0.39 is 0 Å². The third-order valence-corrected chi connectivity index (χ3v) is 4.75. The molecule has 1 amide bonds. The molecule has 3 heterocycles. The molecule has 0 saturated carbocycles. The molecule has 7 heteroatoms. The molecule has 1 N–H and O–H groups in total. The van der Waals surface area contributed by atoms with E-state index in [9.17, 15) is 4.79 Å². The molecule has 134 valence electrons. The zero-order valence-corrected chi connectivity index (χ0v) is 15.4. The normalized spacial score (nSPS) is 17.3. The topological polar surface area (TPSA) is 75.4 Å². The van der Waals surface area contributed by atoms with Gasteiger partial charge in [0.05, 0.1) is 0 Å².